The molecule has 0 radical (unpaired) electrons. The lowest BCUT2D eigenvalue weighted by Crippen LogP contribution is -2.10. The van der Waals surface area contributed by atoms with Crippen LogP contribution in [0.1, 0.15) is 13.8 Å². The average molecular weight is 113 g/mol. The van der Waals surface area contributed by atoms with Gasteiger partial charge in [-0.15, -0.1) is 0 Å². The monoisotopic (exact) mass is 113 g/mol. The Morgan fingerprint density at radius 1 is 1.75 bits per heavy atom. The molecule has 0 saturated heterocycles. The molecule has 0 amide bonds. The summed E-state index contributed by atoms with van der Waals surface area (Å²) in [7, 11) is 0. The molecule has 0 aromatic rings. The average Bonchev–Trinajstić information content (AvgIpc) is 2.12. The van der Waals surface area contributed by atoms with E-state index in [0.717, 1.165) is 6.61 Å². The Labute approximate surface area is 49.5 Å². The van der Waals surface area contributed by atoms with Crippen LogP contribution in [-0.2, 0) is 4.84 Å². The number of rotatable bonds is 1. The molecule has 0 fully saturated rings. The maximum atomic E-state index is 4.79. The van der Waals surface area contributed by atoms with E-state index in [-0.39, 0.29) is 0 Å². The second-order valence-corrected chi connectivity index (χ2v) is 2.46. The van der Waals surface area contributed by atoms with E-state index in [2.05, 4.69) is 19.0 Å². The second kappa shape index (κ2) is 2.16. The summed E-state index contributed by atoms with van der Waals surface area (Å²) < 4.78 is 0. The van der Waals surface area contributed by atoms with Crippen molar-refractivity contribution in [3.63, 3.8) is 0 Å². The Bertz CT molecular complexity index is 98.7. The highest BCUT2D eigenvalue weighted by Gasteiger charge is 2.15. The molecular formula is C6H11NO. The second-order valence-electron chi connectivity index (χ2n) is 2.46. The Hall–Kier alpha value is -0.530. The Morgan fingerprint density at radius 3 is 2.75 bits per heavy atom. The molecule has 2 nitrogen and oxygen atoms in total. The van der Waals surface area contributed by atoms with Crippen molar-refractivity contribution in [2.75, 3.05) is 6.61 Å². The molecule has 1 rings (SSSR count). The van der Waals surface area contributed by atoms with Gasteiger partial charge in [-0.3, -0.25) is 0 Å². The third kappa shape index (κ3) is 0.997. The third-order valence-electron chi connectivity index (χ3n) is 1.45. The molecule has 1 aliphatic rings. The minimum Gasteiger partial charge on any atom is -0.395 e. The van der Waals surface area contributed by atoms with Crippen molar-refractivity contribution >= 4 is 6.21 Å². The Balaban J connectivity index is 2.36. The fourth-order valence-electron chi connectivity index (χ4n) is 0.658. The van der Waals surface area contributed by atoms with Gasteiger partial charge >= 0.3 is 0 Å². The van der Waals surface area contributed by atoms with E-state index in [4.69, 9.17) is 4.84 Å². The van der Waals surface area contributed by atoms with Crippen LogP contribution in [0.2, 0.25) is 0 Å². The number of oxime groups is 1. The topological polar surface area (TPSA) is 21.6 Å². The molecule has 0 aromatic carbocycles. The van der Waals surface area contributed by atoms with E-state index in [1.54, 1.807) is 0 Å². The van der Waals surface area contributed by atoms with Crippen LogP contribution in [0.5, 0.6) is 0 Å². The minimum atomic E-state index is 0.551. The van der Waals surface area contributed by atoms with E-state index in [1.165, 1.54) is 0 Å². The number of hydrogen-bond acceptors (Lipinski definition) is 2. The summed E-state index contributed by atoms with van der Waals surface area (Å²) in [6.07, 6.45) is 1.88. The smallest absolute Gasteiger partial charge is 0.125 e. The van der Waals surface area contributed by atoms with Crippen LogP contribution in [0.15, 0.2) is 5.16 Å². The van der Waals surface area contributed by atoms with Crippen LogP contribution < -0.4 is 0 Å². The minimum absolute atomic E-state index is 0.551. The standard InChI is InChI=1S/C6H11NO/c1-5(2)6-3-7-8-4-6/h3,5-6H,4H2,1-2H3. The first kappa shape index (κ1) is 5.60. The fourth-order valence-corrected chi connectivity index (χ4v) is 0.658. The number of nitrogens with zero attached hydrogens (tertiary/aromatic N) is 1. The van der Waals surface area contributed by atoms with Crippen molar-refractivity contribution in [3.8, 4) is 0 Å². The van der Waals surface area contributed by atoms with Crippen LogP contribution >= 0.6 is 0 Å². The summed E-state index contributed by atoms with van der Waals surface area (Å²) in [5, 5.41) is 3.66. The van der Waals surface area contributed by atoms with Crippen LogP contribution in [-0.4, -0.2) is 12.8 Å². The molecule has 1 unspecified atom stereocenters. The maximum absolute atomic E-state index is 4.79. The molecule has 1 aliphatic heterocycles. The molecule has 1 heterocycles. The van der Waals surface area contributed by atoms with E-state index >= 15 is 0 Å². The summed E-state index contributed by atoms with van der Waals surface area (Å²) >= 11 is 0. The van der Waals surface area contributed by atoms with Gasteiger partial charge < -0.3 is 4.84 Å². The molecule has 8 heavy (non-hydrogen) atoms. The SMILES string of the molecule is CC(C)C1C=NOC1. The lowest BCUT2D eigenvalue weighted by molar-refractivity contribution is 0.144. The van der Waals surface area contributed by atoms with Gasteiger partial charge in [0.25, 0.3) is 0 Å². The first-order chi connectivity index (χ1) is 3.80. The van der Waals surface area contributed by atoms with Crippen molar-refractivity contribution < 1.29 is 4.84 Å². The summed E-state index contributed by atoms with van der Waals surface area (Å²) in [6.45, 7) is 5.12. The molecule has 0 saturated carbocycles. The van der Waals surface area contributed by atoms with Gasteiger partial charge in [0.15, 0.2) is 0 Å². The Kier molecular flexibility index (Phi) is 1.51. The third-order valence-corrected chi connectivity index (χ3v) is 1.45. The quantitative estimate of drug-likeness (QED) is 0.502. The van der Waals surface area contributed by atoms with Gasteiger partial charge in [-0.1, -0.05) is 19.0 Å². The van der Waals surface area contributed by atoms with Crippen LogP contribution in [0, 0.1) is 11.8 Å². The highest BCUT2D eigenvalue weighted by Crippen LogP contribution is 2.12. The van der Waals surface area contributed by atoms with Crippen molar-refractivity contribution in [1.29, 1.82) is 0 Å². The lowest BCUT2D eigenvalue weighted by atomic mass is 9.99. The zero-order valence-electron chi connectivity index (χ0n) is 5.29. The van der Waals surface area contributed by atoms with Crippen LogP contribution in [0.3, 0.4) is 0 Å². The maximum Gasteiger partial charge on any atom is 0.125 e. The molecule has 0 aromatic heterocycles. The molecule has 0 aliphatic carbocycles. The predicted molar refractivity (Wildman–Crippen MR) is 32.8 cm³/mol. The van der Waals surface area contributed by atoms with E-state index in [9.17, 15) is 0 Å². The van der Waals surface area contributed by atoms with Gasteiger partial charge in [0, 0.05) is 5.92 Å². The largest absolute Gasteiger partial charge is 0.395 e. The lowest BCUT2D eigenvalue weighted by Gasteiger charge is -2.06. The zero-order valence-corrected chi connectivity index (χ0v) is 5.29. The summed E-state index contributed by atoms with van der Waals surface area (Å²) in [5.41, 5.74) is 0. The van der Waals surface area contributed by atoms with Crippen LogP contribution in [0.25, 0.3) is 0 Å². The summed E-state index contributed by atoms with van der Waals surface area (Å²) in [5.74, 6) is 1.22. The summed E-state index contributed by atoms with van der Waals surface area (Å²) in [4.78, 5) is 4.79. The molecule has 1 atom stereocenters. The van der Waals surface area contributed by atoms with Gasteiger partial charge in [0.05, 0.1) is 6.21 Å². The van der Waals surface area contributed by atoms with Crippen molar-refractivity contribution in [2.24, 2.45) is 17.0 Å². The van der Waals surface area contributed by atoms with Gasteiger partial charge in [-0.2, -0.15) is 0 Å². The highest BCUT2D eigenvalue weighted by molar-refractivity contribution is 5.61. The molecule has 2 heteroatoms. The van der Waals surface area contributed by atoms with E-state index in [0.29, 0.717) is 11.8 Å². The fraction of sp³-hybridized carbons (Fsp3) is 0.833. The van der Waals surface area contributed by atoms with E-state index < -0.39 is 0 Å². The summed E-state index contributed by atoms with van der Waals surface area (Å²) in [6, 6.07) is 0. The first-order valence-corrected chi connectivity index (χ1v) is 2.96. The Morgan fingerprint density at radius 2 is 2.50 bits per heavy atom. The van der Waals surface area contributed by atoms with Gasteiger partial charge in [0.1, 0.15) is 6.61 Å². The molecule has 46 valence electrons. The molecule has 0 bridgehead atoms. The van der Waals surface area contributed by atoms with Gasteiger partial charge in [-0.25, -0.2) is 0 Å². The predicted octanol–water partition coefficient (Wildman–Crippen LogP) is 1.27. The first-order valence-electron chi connectivity index (χ1n) is 2.96. The number of hydrogen-bond donors (Lipinski definition) is 0. The van der Waals surface area contributed by atoms with Crippen molar-refractivity contribution in [3.05, 3.63) is 0 Å². The normalized spacial score (nSPS) is 26.6. The van der Waals surface area contributed by atoms with Crippen LogP contribution in [0.4, 0.5) is 0 Å². The van der Waals surface area contributed by atoms with E-state index in [1.807, 2.05) is 6.21 Å². The van der Waals surface area contributed by atoms with Gasteiger partial charge in [-0.05, 0) is 5.92 Å². The van der Waals surface area contributed by atoms with Crippen molar-refractivity contribution in [1.82, 2.24) is 0 Å². The molecule has 0 spiro atoms. The molecule has 0 N–H and O–H groups in total. The van der Waals surface area contributed by atoms with Crippen molar-refractivity contribution in [2.45, 2.75) is 13.8 Å². The zero-order chi connectivity index (χ0) is 5.98. The highest BCUT2D eigenvalue weighted by atomic mass is 16.6. The van der Waals surface area contributed by atoms with Gasteiger partial charge in [0.2, 0.25) is 0 Å². The molecular weight excluding hydrogens is 102 g/mol.